The van der Waals surface area contributed by atoms with E-state index in [1.807, 2.05) is 6.07 Å². The van der Waals surface area contributed by atoms with Crippen LogP contribution in [0.1, 0.15) is 31.7 Å². The molecule has 1 atom stereocenters. The normalized spacial score (nSPS) is 23.4. The number of piperidine rings is 1. The Morgan fingerprint density at radius 1 is 1.38 bits per heavy atom. The molecule has 0 aliphatic carbocycles. The van der Waals surface area contributed by atoms with Crippen molar-refractivity contribution in [3.63, 3.8) is 0 Å². The molecule has 1 N–H and O–H groups in total. The van der Waals surface area contributed by atoms with Crippen molar-refractivity contribution in [3.05, 3.63) is 29.8 Å². The number of nitrogens with zero attached hydrogens (tertiary/aromatic N) is 2. The van der Waals surface area contributed by atoms with Gasteiger partial charge in [-0.1, -0.05) is 12.1 Å². The van der Waals surface area contributed by atoms with Gasteiger partial charge >= 0.3 is 5.97 Å². The molecule has 1 fully saturated rings. The van der Waals surface area contributed by atoms with E-state index in [2.05, 4.69) is 0 Å². The number of nitriles is 1. The van der Waals surface area contributed by atoms with E-state index >= 15 is 0 Å². The maximum atomic E-state index is 12.8. The second-order valence-corrected chi connectivity index (χ2v) is 7.05. The molecule has 0 aromatic heterocycles. The summed E-state index contributed by atoms with van der Waals surface area (Å²) in [5.41, 5.74) is -1.45. The fourth-order valence-corrected chi connectivity index (χ4v) is 4.55. The quantitative estimate of drug-likeness (QED) is 0.914. The van der Waals surface area contributed by atoms with Crippen LogP contribution in [0.25, 0.3) is 0 Å². The summed E-state index contributed by atoms with van der Waals surface area (Å²) in [7, 11) is -4.03. The molecule has 1 aromatic carbocycles. The summed E-state index contributed by atoms with van der Waals surface area (Å²) in [5, 5.41) is 18.5. The maximum Gasteiger partial charge on any atom is 0.324 e. The number of rotatable bonds is 3. The van der Waals surface area contributed by atoms with E-state index in [-0.39, 0.29) is 23.4 Å². The van der Waals surface area contributed by atoms with Crippen LogP contribution in [0.15, 0.2) is 29.2 Å². The molecule has 21 heavy (non-hydrogen) atoms. The minimum Gasteiger partial charge on any atom is -0.480 e. The van der Waals surface area contributed by atoms with Gasteiger partial charge in [-0.25, -0.2) is 8.42 Å². The van der Waals surface area contributed by atoms with Crippen LogP contribution in [-0.4, -0.2) is 35.9 Å². The second-order valence-electron chi connectivity index (χ2n) is 5.22. The minimum atomic E-state index is -4.03. The molecule has 1 aliphatic heterocycles. The highest BCUT2D eigenvalue weighted by Gasteiger charge is 2.48. The number of hydrogen-bond donors (Lipinski definition) is 1. The molecule has 0 spiro atoms. The number of benzene rings is 1. The van der Waals surface area contributed by atoms with Crippen molar-refractivity contribution in [1.29, 1.82) is 5.26 Å². The molecule has 0 amide bonds. The lowest BCUT2D eigenvalue weighted by Gasteiger charge is -2.40. The van der Waals surface area contributed by atoms with Crippen molar-refractivity contribution in [3.8, 4) is 6.07 Å². The smallest absolute Gasteiger partial charge is 0.324 e. The van der Waals surface area contributed by atoms with Crippen LogP contribution < -0.4 is 0 Å². The van der Waals surface area contributed by atoms with Gasteiger partial charge in [-0.3, -0.25) is 4.79 Å². The third-order valence-electron chi connectivity index (χ3n) is 3.86. The molecule has 1 aliphatic rings. The Kier molecular flexibility index (Phi) is 4.03. The topological polar surface area (TPSA) is 98.5 Å². The molecule has 0 radical (unpaired) electrons. The number of hydrogen-bond acceptors (Lipinski definition) is 4. The van der Waals surface area contributed by atoms with E-state index in [1.165, 1.54) is 25.1 Å². The van der Waals surface area contributed by atoms with Crippen molar-refractivity contribution in [2.45, 2.75) is 36.6 Å². The Morgan fingerprint density at radius 3 is 2.67 bits per heavy atom. The molecule has 7 heteroatoms. The summed E-state index contributed by atoms with van der Waals surface area (Å²) >= 11 is 0. The molecule has 112 valence electrons. The summed E-state index contributed by atoms with van der Waals surface area (Å²) in [6.45, 7) is 1.56. The summed E-state index contributed by atoms with van der Waals surface area (Å²) in [6, 6.07) is 7.69. The molecule has 1 aromatic rings. The fourth-order valence-electron chi connectivity index (χ4n) is 2.60. The van der Waals surface area contributed by atoms with Crippen molar-refractivity contribution >= 4 is 16.0 Å². The van der Waals surface area contributed by atoms with Gasteiger partial charge in [0.05, 0.1) is 10.5 Å². The van der Waals surface area contributed by atoms with E-state index in [4.69, 9.17) is 5.26 Å². The molecular weight excluding hydrogens is 292 g/mol. The van der Waals surface area contributed by atoms with Gasteiger partial charge in [-0.05, 0) is 38.3 Å². The fraction of sp³-hybridized carbons (Fsp3) is 0.429. The summed E-state index contributed by atoms with van der Waals surface area (Å²) in [5.74, 6) is -1.17. The van der Waals surface area contributed by atoms with E-state index in [9.17, 15) is 18.3 Å². The zero-order chi connectivity index (χ0) is 15.7. The van der Waals surface area contributed by atoms with Gasteiger partial charge in [0.15, 0.2) is 0 Å². The highest BCUT2D eigenvalue weighted by Crippen LogP contribution is 2.34. The average Bonchev–Trinajstić information content (AvgIpc) is 2.47. The first-order valence-corrected chi connectivity index (χ1v) is 8.03. The van der Waals surface area contributed by atoms with Gasteiger partial charge in [0, 0.05) is 6.54 Å². The zero-order valence-corrected chi connectivity index (χ0v) is 12.4. The summed E-state index contributed by atoms with van der Waals surface area (Å²) in [4.78, 5) is 11.4. The Hall–Kier alpha value is -1.91. The minimum absolute atomic E-state index is 0.0239. The Balaban J connectivity index is 2.57. The summed E-state index contributed by atoms with van der Waals surface area (Å²) < 4.78 is 26.6. The predicted molar refractivity (Wildman–Crippen MR) is 74.9 cm³/mol. The standard InChI is InChI=1S/C14H16N2O4S/c1-14(13(17)18)8-4-5-9-16(14)21(19,20)12-7-3-2-6-11(12)10-15/h2-3,6-7H,4-5,8-9H2,1H3,(H,17,18). The van der Waals surface area contributed by atoms with E-state index in [0.717, 1.165) is 4.31 Å². The monoisotopic (exact) mass is 308 g/mol. The number of carboxylic acid groups (broad SMARTS) is 1. The van der Waals surface area contributed by atoms with Crippen LogP contribution in [-0.2, 0) is 14.8 Å². The van der Waals surface area contributed by atoms with Gasteiger partial charge in [-0.2, -0.15) is 9.57 Å². The van der Waals surface area contributed by atoms with Gasteiger partial charge in [-0.15, -0.1) is 0 Å². The Morgan fingerprint density at radius 2 is 2.05 bits per heavy atom. The van der Waals surface area contributed by atoms with Gasteiger partial charge < -0.3 is 5.11 Å². The second kappa shape index (κ2) is 5.47. The van der Waals surface area contributed by atoms with Crippen molar-refractivity contribution in [2.24, 2.45) is 0 Å². The van der Waals surface area contributed by atoms with Gasteiger partial charge in [0.25, 0.3) is 0 Å². The van der Waals surface area contributed by atoms with Crippen molar-refractivity contribution in [2.75, 3.05) is 6.54 Å². The van der Waals surface area contributed by atoms with Gasteiger partial charge in [0.2, 0.25) is 10.0 Å². The maximum absolute atomic E-state index is 12.8. The van der Waals surface area contributed by atoms with Crippen molar-refractivity contribution < 1.29 is 18.3 Å². The lowest BCUT2D eigenvalue weighted by Crippen LogP contribution is -2.57. The number of aliphatic carboxylic acids is 1. The molecule has 0 bridgehead atoms. The lowest BCUT2D eigenvalue weighted by atomic mass is 9.91. The molecule has 1 unspecified atom stereocenters. The first kappa shape index (κ1) is 15.5. The largest absolute Gasteiger partial charge is 0.480 e. The third-order valence-corrected chi connectivity index (χ3v) is 5.94. The van der Waals surface area contributed by atoms with Crippen LogP contribution in [0, 0.1) is 11.3 Å². The van der Waals surface area contributed by atoms with Crippen LogP contribution >= 0.6 is 0 Å². The first-order chi connectivity index (χ1) is 9.84. The first-order valence-electron chi connectivity index (χ1n) is 6.59. The van der Waals surface area contributed by atoms with Crippen LogP contribution in [0.2, 0.25) is 0 Å². The number of carbonyl (C=O) groups is 1. The lowest BCUT2D eigenvalue weighted by molar-refractivity contribution is -0.149. The Bertz CT molecular complexity index is 708. The third kappa shape index (κ3) is 2.52. The SMILES string of the molecule is CC1(C(=O)O)CCCCN1S(=O)(=O)c1ccccc1C#N. The summed E-state index contributed by atoms with van der Waals surface area (Å²) in [6.07, 6.45) is 1.53. The molecule has 1 saturated heterocycles. The van der Waals surface area contributed by atoms with E-state index in [0.29, 0.717) is 12.8 Å². The molecule has 6 nitrogen and oxygen atoms in total. The van der Waals surface area contributed by atoms with Crippen LogP contribution in [0.3, 0.4) is 0 Å². The zero-order valence-electron chi connectivity index (χ0n) is 11.6. The molecule has 0 saturated carbocycles. The number of sulfonamides is 1. The molecular formula is C14H16N2O4S. The van der Waals surface area contributed by atoms with Gasteiger partial charge in [0.1, 0.15) is 11.6 Å². The highest BCUT2D eigenvalue weighted by atomic mass is 32.2. The molecule has 2 rings (SSSR count). The van der Waals surface area contributed by atoms with Crippen LogP contribution in [0.5, 0.6) is 0 Å². The van der Waals surface area contributed by atoms with E-state index < -0.39 is 21.5 Å². The number of carboxylic acids is 1. The average molecular weight is 308 g/mol. The highest BCUT2D eigenvalue weighted by molar-refractivity contribution is 7.89. The molecule has 1 heterocycles. The van der Waals surface area contributed by atoms with E-state index in [1.54, 1.807) is 6.07 Å². The predicted octanol–water partition coefficient (Wildman–Crippen LogP) is 1.58. The van der Waals surface area contributed by atoms with Crippen LogP contribution in [0.4, 0.5) is 0 Å². The van der Waals surface area contributed by atoms with Crippen molar-refractivity contribution in [1.82, 2.24) is 4.31 Å². The Labute approximate surface area is 123 Å².